The summed E-state index contributed by atoms with van der Waals surface area (Å²) < 4.78 is 13.1. The van der Waals surface area contributed by atoms with Crippen molar-refractivity contribution in [1.29, 1.82) is 0 Å². The van der Waals surface area contributed by atoms with Crippen molar-refractivity contribution >= 4 is 18.3 Å². The summed E-state index contributed by atoms with van der Waals surface area (Å²) in [5, 5.41) is 3.21. The smallest absolute Gasteiger partial charge is 0.229 e. The average molecular weight is 357 g/mol. The zero-order chi connectivity index (χ0) is 16.2. The van der Waals surface area contributed by atoms with Gasteiger partial charge < -0.3 is 10.2 Å². The van der Waals surface area contributed by atoms with Crippen molar-refractivity contribution < 1.29 is 9.18 Å². The molecule has 2 heterocycles. The Hall–Kier alpha value is -1.21. The van der Waals surface area contributed by atoms with Gasteiger partial charge in [-0.05, 0) is 50.0 Å². The maximum absolute atomic E-state index is 13.1. The number of likely N-dealkylation sites (tertiary alicyclic amines) is 1. The van der Waals surface area contributed by atoms with E-state index in [1.54, 1.807) is 12.1 Å². The van der Waals surface area contributed by atoms with Gasteiger partial charge in [-0.3, -0.25) is 10.2 Å². The second-order valence-electron chi connectivity index (χ2n) is 6.51. The van der Waals surface area contributed by atoms with Crippen LogP contribution in [0.3, 0.4) is 0 Å². The molecule has 0 bridgehead atoms. The molecule has 24 heavy (non-hydrogen) atoms. The van der Waals surface area contributed by atoms with Gasteiger partial charge in [0.05, 0.1) is 12.0 Å². The van der Waals surface area contributed by atoms with Crippen LogP contribution in [-0.2, 0) is 4.79 Å². The minimum atomic E-state index is -0.256. The number of carbonyl (C=O) groups is 1. The van der Waals surface area contributed by atoms with Crippen molar-refractivity contribution in [2.24, 2.45) is 11.8 Å². The van der Waals surface area contributed by atoms with Crippen LogP contribution in [0.15, 0.2) is 24.3 Å². The molecule has 0 radical (unpaired) electrons. The summed E-state index contributed by atoms with van der Waals surface area (Å²) in [5.74, 6) is 0.323. The number of piperidine rings is 1. The molecule has 5 nitrogen and oxygen atoms in total. The molecular weight excluding hydrogens is 331 g/mol. The van der Waals surface area contributed by atoms with Crippen molar-refractivity contribution in [3.63, 3.8) is 0 Å². The van der Waals surface area contributed by atoms with Crippen LogP contribution in [0.1, 0.15) is 24.4 Å². The number of nitrogens with one attached hydrogen (secondary N) is 3. The van der Waals surface area contributed by atoms with Gasteiger partial charge in [-0.15, -0.1) is 12.4 Å². The average Bonchev–Trinajstić information content (AvgIpc) is 3.05. The molecule has 7 heteroatoms. The number of rotatable bonds is 4. The molecule has 2 fully saturated rings. The van der Waals surface area contributed by atoms with Crippen LogP contribution in [0.25, 0.3) is 0 Å². The van der Waals surface area contributed by atoms with Crippen molar-refractivity contribution in [1.82, 2.24) is 21.1 Å². The number of amides is 1. The van der Waals surface area contributed by atoms with Gasteiger partial charge in [0.15, 0.2) is 0 Å². The maximum Gasteiger partial charge on any atom is 0.229 e. The number of carbonyl (C=O) groups excluding carboxylic acids is 1. The molecule has 3 atom stereocenters. The first-order valence-electron chi connectivity index (χ1n) is 8.36. The fourth-order valence-corrected chi connectivity index (χ4v) is 3.67. The molecule has 134 valence electrons. The largest absolute Gasteiger partial charge is 0.342 e. The third-order valence-corrected chi connectivity index (χ3v) is 4.85. The topological polar surface area (TPSA) is 56.4 Å². The Kier molecular flexibility index (Phi) is 6.98. The second kappa shape index (κ2) is 8.76. The molecule has 1 amide bonds. The van der Waals surface area contributed by atoms with E-state index in [-0.39, 0.29) is 36.1 Å². The zero-order valence-corrected chi connectivity index (χ0v) is 14.7. The fourth-order valence-electron chi connectivity index (χ4n) is 3.67. The standard InChI is InChI=1S/C17H25FN4O.ClH/c1-19-9-12-3-2-8-22(11-12)17(23)15-10-20-21-16(15)13-4-6-14(18)7-5-13;/h4-7,12,15-16,19-21H,2-3,8-11H2,1H3;1H. The summed E-state index contributed by atoms with van der Waals surface area (Å²) in [6.45, 7) is 3.22. The first-order chi connectivity index (χ1) is 11.2. The van der Waals surface area contributed by atoms with Gasteiger partial charge in [-0.25, -0.2) is 9.82 Å². The summed E-state index contributed by atoms with van der Waals surface area (Å²) in [6, 6.07) is 6.29. The zero-order valence-electron chi connectivity index (χ0n) is 13.9. The van der Waals surface area contributed by atoms with E-state index < -0.39 is 0 Å². The number of halogens is 2. The lowest BCUT2D eigenvalue weighted by atomic mass is 9.91. The molecule has 3 rings (SSSR count). The molecule has 0 aromatic heterocycles. The van der Waals surface area contributed by atoms with Gasteiger partial charge in [-0.1, -0.05) is 12.1 Å². The van der Waals surface area contributed by atoms with E-state index in [1.807, 2.05) is 11.9 Å². The quantitative estimate of drug-likeness (QED) is 0.764. The summed E-state index contributed by atoms with van der Waals surface area (Å²) in [6.07, 6.45) is 2.24. The number of hydrogen-bond acceptors (Lipinski definition) is 4. The Morgan fingerprint density at radius 3 is 2.83 bits per heavy atom. The first-order valence-corrected chi connectivity index (χ1v) is 8.36. The Morgan fingerprint density at radius 1 is 1.38 bits per heavy atom. The van der Waals surface area contributed by atoms with Gasteiger partial charge in [0.1, 0.15) is 5.82 Å². The van der Waals surface area contributed by atoms with E-state index >= 15 is 0 Å². The van der Waals surface area contributed by atoms with E-state index in [2.05, 4.69) is 16.2 Å². The van der Waals surface area contributed by atoms with Gasteiger partial charge in [0.25, 0.3) is 0 Å². The Bertz CT molecular complexity index is 540. The summed E-state index contributed by atoms with van der Waals surface area (Å²) in [7, 11) is 1.95. The monoisotopic (exact) mass is 356 g/mol. The lowest BCUT2D eigenvalue weighted by Gasteiger charge is -2.35. The molecule has 3 unspecified atom stereocenters. The maximum atomic E-state index is 13.1. The van der Waals surface area contributed by atoms with Crippen LogP contribution in [0.4, 0.5) is 4.39 Å². The molecule has 0 saturated carbocycles. The third-order valence-electron chi connectivity index (χ3n) is 4.85. The highest BCUT2D eigenvalue weighted by atomic mass is 35.5. The number of benzene rings is 1. The van der Waals surface area contributed by atoms with Gasteiger partial charge in [0.2, 0.25) is 5.91 Å². The van der Waals surface area contributed by atoms with Crippen LogP contribution in [0.2, 0.25) is 0 Å². The lowest BCUT2D eigenvalue weighted by Crippen LogP contribution is -2.46. The van der Waals surface area contributed by atoms with Crippen LogP contribution in [0.5, 0.6) is 0 Å². The van der Waals surface area contributed by atoms with Crippen molar-refractivity contribution in [2.45, 2.75) is 18.9 Å². The van der Waals surface area contributed by atoms with Crippen LogP contribution in [0, 0.1) is 17.7 Å². The van der Waals surface area contributed by atoms with Gasteiger partial charge in [0, 0.05) is 19.6 Å². The second-order valence-corrected chi connectivity index (χ2v) is 6.51. The van der Waals surface area contributed by atoms with Crippen molar-refractivity contribution in [2.75, 3.05) is 33.2 Å². The van der Waals surface area contributed by atoms with E-state index in [9.17, 15) is 9.18 Å². The predicted molar refractivity (Wildman–Crippen MR) is 94.2 cm³/mol. The first kappa shape index (κ1) is 19.1. The Morgan fingerprint density at radius 2 is 2.12 bits per heavy atom. The molecule has 0 spiro atoms. The molecule has 1 aromatic rings. The van der Waals surface area contributed by atoms with Crippen molar-refractivity contribution in [3.8, 4) is 0 Å². The minimum absolute atomic E-state index is 0. The summed E-state index contributed by atoms with van der Waals surface area (Å²) in [5.41, 5.74) is 7.20. The Labute approximate surface area is 148 Å². The highest BCUT2D eigenvalue weighted by Crippen LogP contribution is 2.28. The minimum Gasteiger partial charge on any atom is -0.342 e. The third kappa shape index (κ3) is 4.25. The van der Waals surface area contributed by atoms with Gasteiger partial charge in [-0.2, -0.15) is 0 Å². The Balaban J connectivity index is 0.00000208. The molecule has 2 saturated heterocycles. The molecule has 2 aliphatic heterocycles. The summed E-state index contributed by atoms with van der Waals surface area (Å²) >= 11 is 0. The normalized spacial score (nSPS) is 26.9. The highest BCUT2D eigenvalue weighted by molar-refractivity contribution is 5.85. The van der Waals surface area contributed by atoms with Crippen LogP contribution in [-0.4, -0.2) is 44.0 Å². The number of hydrogen-bond donors (Lipinski definition) is 3. The highest BCUT2D eigenvalue weighted by Gasteiger charge is 2.37. The SMILES string of the molecule is CNCC1CCCN(C(=O)C2CNNC2c2ccc(F)cc2)C1.Cl. The van der Waals surface area contributed by atoms with E-state index in [0.717, 1.165) is 31.6 Å². The summed E-state index contributed by atoms with van der Waals surface area (Å²) in [4.78, 5) is 15.0. The molecular formula is C17H26ClFN4O. The predicted octanol–water partition coefficient (Wildman–Crippen LogP) is 1.47. The van der Waals surface area contributed by atoms with Crippen LogP contribution < -0.4 is 16.2 Å². The van der Waals surface area contributed by atoms with Crippen molar-refractivity contribution in [3.05, 3.63) is 35.6 Å². The molecule has 3 N–H and O–H groups in total. The lowest BCUT2D eigenvalue weighted by molar-refractivity contribution is -0.137. The fraction of sp³-hybridized carbons (Fsp3) is 0.588. The molecule has 0 aliphatic carbocycles. The van der Waals surface area contributed by atoms with E-state index in [4.69, 9.17) is 0 Å². The molecule has 1 aromatic carbocycles. The van der Waals surface area contributed by atoms with Crippen LogP contribution >= 0.6 is 12.4 Å². The van der Waals surface area contributed by atoms with Gasteiger partial charge >= 0.3 is 0 Å². The number of hydrazine groups is 1. The van der Waals surface area contributed by atoms with E-state index in [1.165, 1.54) is 18.6 Å². The molecule has 2 aliphatic rings. The van der Waals surface area contributed by atoms with E-state index in [0.29, 0.717) is 12.5 Å². The number of nitrogens with zero attached hydrogens (tertiary/aromatic N) is 1.